The Morgan fingerprint density at radius 1 is 1.05 bits per heavy atom. The molecule has 0 fully saturated rings. The molecule has 21 heavy (non-hydrogen) atoms. The van der Waals surface area contributed by atoms with Gasteiger partial charge < -0.3 is 0 Å². The van der Waals surface area contributed by atoms with Crippen LogP contribution in [0.2, 0.25) is 5.02 Å². The summed E-state index contributed by atoms with van der Waals surface area (Å²) >= 11 is 7.94. The van der Waals surface area contributed by atoms with Crippen molar-refractivity contribution in [3.05, 3.63) is 70.2 Å². The Labute approximate surface area is 133 Å². The first-order valence-electron chi connectivity index (χ1n) is 6.57. The molecule has 1 amide bonds. The average molecular weight is 321 g/mol. The zero-order valence-corrected chi connectivity index (χ0v) is 13.1. The van der Waals surface area contributed by atoms with E-state index in [1.165, 1.54) is 5.56 Å². The van der Waals surface area contributed by atoms with Crippen molar-refractivity contribution in [2.45, 2.75) is 17.9 Å². The predicted octanol–water partition coefficient (Wildman–Crippen LogP) is 3.31. The molecule has 2 aromatic carbocycles. The van der Waals surface area contributed by atoms with E-state index in [-0.39, 0.29) is 5.91 Å². The first-order chi connectivity index (χ1) is 10.2. The van der Waals surface area contributed by atoms with Crippen molar-refractivity contribution in [2.24, 2.45) is 5.84 Å². The normalized spacial score (nSPS) is 10.4. The number of carbonyl (C=O) groups excluding carboxylic acids is 1. The lowest BCUT2D eigenvalue weighted by Gasteiger charge is -2.05. The summed E-state index contributed by atoms with van der Waals surface area (Å²) in [6.45, 7) is 0. The third-order valence-electron chi connectivity index (χ3n) is 3.03. The molecule has 0 aliphatic rings. The molecule has 0 heterocycles. The molecule has 3 N–H and O–H groups in total. The Bertz CT molecular complexity index is 601. The van der Waals surface area contributed by atoms with Crippen LogP contribution in [0.15, 0.2) is 48.5 Å². The second-order valence-electron chi connectivity index (χ2n) is 4.64. The summed E-state index contributed by atoms with van der Waals surface area (Å²) in [6.07, 6.45) is 0.309. The molecule has 0 spiro atoms. The summed E-state index contributed by atoms with van der Waals surface area (Å²) in [4.78, 5) is 11.2. The highest BCUT2D eigenvalue weighted by Gasteiger charge is 2.02. The van der Waals surface area contributed by atoms with E-state index in [9.17, 15) is 4.79 Å². The molecule has 0 radical (unpaired) electrons. The van der Waals surface area contributed by atoms with Gasteiger partial charge in [-0.2, -0.15) is 11.8 Å². The van der Waals surface area contributed by atoms with Crippen LogP contribution < -0.4 is 11.3 Å². The predicted molar refractivity (Wildman–Crippen MR) is 88.9 cm³/mol. The lowest BCUT2D eigenvalue weighted by atomic mass is 10.1. The minimum atomic E-state index is -0.184. The highest BCUT2D eigenvalue weighted by Crippen LogP contribution is 2.23. The molecule has 0 saturated heterocycles. The van der Waals surface area contributed by atoms with Gasteiger partial charge in [0.2, 0.25) is 5.91 Å². The molecule has 3 nitrogen and oxygen atoms in total. The Hall–Kier alpha value is -1.49. The fourth-order valence-corrected chi connectivity index (χ4v) is 3.17. The van der Waals surface area contributed by atoms with Gasteiger partial charge in [0.1, 0.15) is 0 Å². The van der Waals surface area contributed by atoms with E-state index in [1.807, 2.05) is 60.3 Å². The fourth-order valence-electron chi connectivity index (χ4n) is 1.88. The van der Waals surface area contributed by atoms with Crippen molar-refractivity contribution in [1.29, 1.82) is 0 Å². The minimum absolute atomic E-state index is 0.184. The number of amides is 1. The van der Waals surface area contributed by atoms with Crippen LogP contribution in [0.1, 0.15) is 16.7 Å². The molecule has 0 atom stereocenters. The topological polar surface area (TPSA) is 55.1 Å². The molecule has 0 saturated carbocycles. The lowest BCUT2D eigenvalue weighted by molar-refractivity contribution is -0.120. The summed E-state index contributed by atoms with van der Waals surface area (Å²) in [6, 6.07) is 15.9. The van der Waals surface area contributed by atoms with Gasteiger partial charge in [0.05, 0.1) is 6.42 Å². The number of benzene rings is 2. The molecular formula is C16H17ClN2OS. The van der Waals surface area contributed by atoms with Gasteiger partial charge in [-0.1, -0.05) is 54.1 Å². The van der Waals surface area contributed by atoms with E-state index >= 15 is 0 Å². The highest BCUT2D eigenvalue weighted by atomic mass is 35.5. The van der Waals surface area contributed by atoms with Crippen LogP contribution in [0.3, 0.4) is 0 Å². The molecule has 5 heteroatoms. The average Bonchev–Trinajstić information content (AvgIpc) is 2.51. The number of nitrogens with one attached hydrogen (secondary N) is 1. The summed E-state index contributed by atoms with van der Waals surface area (Å²) in [7, 11) is 0. The van der Waals surface area contributed by atoms with Gasteiger partial charge in [0.25, 0.3) is 0 Å². The Morgan fingerprint density at radius 3 is 2.38 bits per heavy atom. The van der Waals surface area contributed by atoms with Crippen LogP contribution >= 0.6 is 23.4 Å². The van der Waals surface area contributed by atoms with Gasteiger partial charge in [0, 0.05) is 16.5 Å². The first kappa shape index (κ1) is 15.9. The highest BCUT2D eigenvalue weighted by molar-refractivity contribution is 7.97. The molecular weight excluding hydrogens is 304 g/mol. The fraction of sp³-hybridized carbons (Fsp3) is 0.188. The minimum Gasteiger partial charge on any atom is -0.294 e. The molecule has 2 aromatic rings. The SMILES string of the molecule is NNC(=O)Cc1ccc(CSCc2ccccc2Cl)cc1. The molecule has 0 unspecified atom stereocenters. The number of nitrogens with two attached hydrogens (primary N) is 1. The van der Waals surface area contributed by atoms with Gasteiger partial charge in [0.15, 0.2) is 0 Å². The number of hydrogen-bond acceptors (Lipinski definition) is 3. The van der Waals surface area contributed by atoms with Gasteiger partial charge in [-0.15, -0.1) is 0 Å². The van der Waals surface area contributed by atoms with E-state index in [0.29, 0.717) is 6.42 Å². The van der Waals surface area contributed by atoms with Crippen molar-refractivity contribution in [2.75, 3.05) is 0 Å². The third-order valence-corrected chi connectivity index (χ3v) is 4.45. The molecule has 0 aliphatic carbocycles. The molecule has 0 aromatic heterocycles. The number of hydrogen-bond donors (Lipinski definition) is 2. The van der Waals surface area contributed by atoms with Gasteiger partial charge in [-0.05, 0) is 22.8 Å². The second-order valence-corrected chi connectivity index (χ2v) is 6.04. The number of hydrazine groups is 1. The van der Waals surface area contributed by atoms with Gasteiger partial charge in [-0.25, -0.2) is 5.84 Å². The van der Waals surface area contributed by atoms with Crippen molar-refractivity contribution < 1.29 is 4.79 Å². The van der Waals surface area contributed by atoms with E-state index in [2.05, 4.69) is 5.43 Å². The standard InChI is InChI=1S/C16H17ClN2OS/c17-15-4-2-1-3-14(15)11-21-10-13-7-5-12(6-8-13)9-16(20)19-18/h1-8H,9-11,18H2,(H,19,20). The quantitative estimate of drug-likeness (QED) is 0.488. The first-order valence-corrected chi connectivity index (χ1v) is 8.10. The van der Waals surface area contributed by atoms with Crippen LogP contribution in [0.4, 0.5) is 0 Å². The monoisotopic (exact) mass is 320 g/mol. The van der Waals surface area contributed by atoms with Crippen LogP contribution in [0.5, 0.6) is 0 Å². The third kappa shape index (κ3) is 5.08. The Morgan fingerprint density at radius 2 is 1.71 bits per heavy atom. The summed E-state index contributed by atoms with van der Waals surface area (Å²) in [5, 5.41) is 0.813. The maximum atomic E-state index is 11.2. The number of halogens is 1. The Balaban J connectivity index is 1.84. The van der Waals surface area contributed by atoms with Crippen LogP contribution in [0, 0.1) is 0 Å². The number of thioether (sulfide) groups is 1. The zero-order chi connectivity index (χ0) is 15.1. The summed E-state index contributed by atoms with van der Waals surface area (Å²) < 4.78 is 0. The molecule has 110 valence electrons. The largest absolute Gasteiger partial charge is 0.294 e. The van der Waals surface area contributed by atoms with Crippen LogP contribution in [0.25, 0.3) is 0 Å². The van der Waals surface area contributed by atoms with Crippen LogP contribution in [-0.2, 0) is 22.7 Å². The smallest absolute Gasteiger partial charge is 0.238 e. The van der Waals surface area contributed by atoms with E-state index in [4.69, 9.17) is 17.4 Å². The van der Waals surface area contributed by atoms with Crippen molar-refractivity contribution in [1.82, 2.24) is 5.43 Å². The molecule has 0 aliphatic heterocycles. The maximum absolute atomic E-state index is 11.2. The van der Waals surface area contributed by atoms with Gasteiger partial charge >= 0.3 is 0 Å². The van der Waals surface area contributed by atoms with E-state index in [0.717, 1.165) is 27.7 Å². The summed E-state index contributed by atoms with van der Waals surface area (Å²) in [5.41, 5.74) is 5.47. The van der Waals surface area contributed by atoms with Crippen molar-refractivity contribution in [3.8, 4) is 0 Å². The summed E-state index contributed by atoms with van der Waals surface area (Å²) in [5.74, 6) is 6.68. The zero-order valence-electron chi connectivity index (χ0n) is 11.5. The lowest BCUT2D eigenvalue weighted by Crippen LogP contribution is -2.31. The molecule has 0 bridgehead atoms. The van der Waals surface area contributed by atoms with Crippen molar-refractivity contribution >= 4 is 29.3 Å². The van der Waals surface area contributed by atoms with E-state index in [1.54, 1.807) is 0 Å². The van der Waals surface area contributed by atoms with E-state index < -0.39 is 0 Å². The Kier molecular flexibility index (Phi) is 6.11. The second kappa shape index (κ2) is 8.08. The molecule has 2 rings (SSSR count). The van der Waals surface area contributed by atoms with Gasteiger partial charge in [-0.3, -0.25) is 10.2 Å². The van der Waals surface area contributed by atoms with Crippen molar-refractivity contribution in [3.63, 3.8) is 0 Å². The number of rotatable bonds is 6. The number of carbonyl (C=O) groups is 1. The van der Waals surface area contributed by atoms with Crippen LogP contribution in [-0.4, -0.2) is 5.91 Å². The maximum Gasteiger partial charge on any atom is 0.238 e.